The standard InChI is InChI=1S/C17H25NO4/c1-14(11-15-5-3-9-22-15)12-18-8-4-6-17(13-18,16(19)20)7-10-21-2/h3,5,9,11H,4,6-8,10,12-13H2,1-2H3,(H,19,20)/b14-11+. The van der Waals surface area contributed by atoms with Crippen molar-refractivity contribution in [3.05, 3.63) is 29.7 Å². The smallest absolute Gasteiger partial charge is 0.311 e. The molecule has 1 aromatic heterocycles. The Hall–Kier alpha value is -1.59. The van der Waals surface area contributed by atoms with Gasteiger partial charge >= 0.3 is 5.97 Å². The molecule has 0 saturated carbocycles. The van der Waals surface area contributed by atoms with Crippen molar-refractivity contribution in [3.63, 3.8) is 0 Å². The van der Waals surface area contributed by atoms with Crippen LogP contribution >= 0.6 is 0 Å². The SMILES string of the molecule is COCCC1(C(=O)O)CCCN(C/C(C)=C/c2ccco2)C1. The molecule has 22 heavy (non-hydrogen) atoms. The van der Waals surface area contributed by atoms with Crippen molar-refractivity contribution in [1.29, 1.82) is 0 Å². The monoisotopic (exact) mass is 307 g/mol. The van der Waals surface area contributed by atoms with Crippen molar-refractivity contribution in [2.45, 2.75) is 26.2 Å². The molecule has 0 radical (unpaired) electrons. The molecule has 1 fully saturated rings. The van der Waals surface area contributed by atoms with Crippen LogP contribution in [0.2, 0.25) is 0 Å². The van der Waals surface area contributed by atoms with E-state index in [2.05, 4.69) is 11.8 Å². The average Bonchev–Trinajstić information content (AvgIpc) is 2.98. The minimum absolute atomic E-state index is 0.487. The van der Waals surface area contributed by atoms with E-state index in [4.69, 9.17) is 9.15 Å². The Morgan fingerprint density at radius 2 is 2.41 bits per heavy atom. The number of methoxy groups -OCH3 is 1. The molecule has 0 aromatic carbocycles. The predicted molar refractivity (Wildman–Crippen MR) is 84.6 cm³/mol. The molecule has 0 spiro atoms. The minimum atomic E-state index is -0.707. The molecule has 0 aliphatic carbocycles. The highest BCUT2D eigenvalue weighted by Gasteiger charge is 2.41. The van der Waals surface area contributed by atoms with Gasteiger partial charge in [-0.3, -0.25) is 9.69 Å². The van der Waals surface area contributed by atoms with E-state index < -0.39 is 11.4 Å². The normalized spacial score (nSPS) is 23.6. The van der Waals surface area contributed by atoms with Crippen molar-refractivity contribution < 1.29 is 19.1 Å². The third-order valence-corrected chi connectivity index (χ3v) is 4.30. The van der Waals surface area contributed by atoms with Crippen LogP contribution in [0.25, 0.3) is 6.08 Å². The highest BCUT2D eigenvalue weighted by atomic mass is 16.5. The molecule has 1 aliphatic rings. The van der Waals surface area contributed by atoms with Gasteiger partial charge in [-0.2, -0.15) is 0 Å². The number of carboxylic acids is 1. The van der Waals surface area contributed by atoms with Gasteiger partial charge in [0.05, 0.1) is 11.7 Å². The predicted octanol–water partition coefficient (Wildman–Crippen LogP) is 2.89. The van der Waals surface area contributed by atoms with Gasteiger partial charge in [0.25, 0.3) is 0 Å². The first-order valence-electron chi connectivity index (χ1n) is 7.71. The first kappa shape index (κ1) is 16.8. The lowest BCUT2D eigenvalue weighted by Gasteiger charge is -2.40. The average molecular weight is 307 g/mol. The lowest BCUT2D eigenvalue weighted by molar-refractivity contribution is -0.154. The van der Waals surface area contributed by atoms with Crippen LogP contribution in [-0.4, -0.2) is 49.3 Å². The quantitative estimate of drug-likeness (QED) is 0.839. The third-order valence-electron chi connectivity index (χ3n) is 4.30. The van der Waals surface area contributed by atoms with Gasteiger partial charge in [0.15, 0.2) is 0 Å². The van der Waals surface area contributed by atoms with Gasteiger partial charge in [0, 0.05) is 26.8 Å². The van der Waals surface area contributed by atoms with E-state index in [0.29, 0.717) is 19.6 Å². The van der Waals surface area contributed by atoms with Gasteiger partial charge in [-0.15, -0.1) is 0 Å². The maximum absolute atomic E-state index is 11.8. The summed E-state index contributed by atoms with van der Waals surface area (Å²) in [6.07, 6.45) is 5.86. The zero-order valence-corrected chi connectivity index (χ0v) is 13.4. The fourth-order valence-corrected chi connectivity index (χ4v) is 3.16. The number of carboxylic acid groups (broad SMARTS) is 1. The van der Waals surface area contributed by atoms with E-state index in [1.807, 2.05) is 18.2 Å². The number of hydrogen-bond acceptors (Lipinski definition) is 4. The molecule has 1 aromatic rings. The van der Waals surface area contributed by atoms with Crippen LogP contribution in [0, 0.1) is 5.41 Å². The fourth-order valence-electron chi connectivity index (χ4n) is 3.16. The zero-order valence-electron chi connectivity index (χ0n) is 13.4. The highest BCUT2D eigenvalue weighted by Crippen LogP contribution is 2.34. The van der Waals surface area contributed by atoms with Crippen LogP contribution in [0.4, 0.5) is 0 Å². The lowest BCUT2D eigenvalue weighted by atomic mass is 9.77. The molecule has 5 heteroatoms. The fraction of sp³-hybridized carbons (Fsp3) is 0.588. The zero-order chi connectivity index (χ0) is 16.0. The number of aliphatic carboxylic acids is 1. The summed E-state index contributed by atoms with van der Waals surface area (Å²) in [5.41, 5.74) is 0.488. The Bertz CT molecular complexity index is 509. The Morgan fingerprint density at radius 1 is 1.59 bits per heavy atom. The highest BCUT2D eigenvalue weighted by molar-refractivity contribution is 5.75. The molecule has 1 aliphatic heterocycles. The second kappa shape index (κ2) is 7.61. The summed E-state index contributed by atoms with van der Waals surface area (Å²) >= 11 is 0. The van der Waals surface area contributed by atoms with E-state index >= 15 is 0 Å². The van der Waals surface area contributed by atoms with Gasteiger partial charge in [-0.05, 0) is 50.9 Å². The molecule has 2 rings (SSSR count). The van der Waals surface area contributed by atoms with Crippen LogP contribution in [0.5, 0.6) is 0 Å². The topological polar surface area (TPSA) is 62.9 Å². The molecule has 122 valence electrons. The van der Waals surface area contributed by atoms with Crippen LogP contribution < -0.4 is 0 Å². The number of piperidine rings is 1. The third kappa shape index (κ3) is 4.21. The maximum Gasteiger partial charge on any atom is 0.311 e. The lowest BCUT2D eigenvalue weighted by Crippen LogP contribution is -2.48. The number of furan rings is 1. The van der Waals surface area contributed by atoms with E-state index in [1.54, 1.807) is 13.4 Å². The Morgan fingerprint density at radius 3 is 3.05 bits per heavy atom. The van der Waals surface area contributed by atoms with E-state index in [1.165, 1.54) is 5.57 Å². The Labute approximate surface area is 131 Å². The second-order valence-electron chi connectivity index (χ2n) is 6.15. The molecule has 1 saturated heterocycles. The van der Waals surface area contributed by atoms with Gasteiger partial charge < -0.3 is 14.3 Å². The summed E-state index contributed by atoms with van der Waals surface area (Å²) in [6.45, 7) is 4.82. The van der Waals surface area contributed by atoms with E-state index in [0.717, 1.165) is 31.7 Å². The Kier molecular flexibility index (Phi) is 5.80. The number of nitrogens with zero attached hydrogens (tertiary/aromatic N) is 1. The molecule has 1 atom stereocenters. The number of likely N-dealkylation sites (tertiary alicyclic amines) is 1. The van der Waals surface area contributed by atoms with Gasteiger partial charge in [-0.25, -0.2) is 0 Å². The molecular formula is C17H25NO4. The minimum Gasteiger partial charge on any atom is -0.481 e. The van der Waals surface area contributed by atoms with Crippen molar-refractivity contribution >= 4 is 12.0 Å². The molecule has 0 amide bonds. The Balaban J connectivity index is 2.01. The number of rotatable bonds is 7. The number of carbonyl (C=O) groups is 1. The van der Waals surface area contributed by atoms with Gasteiger partial charge in [0.2, 0.25) is 0 Å². The van der Waals surface area contributed by atoms with Crippen LogP contribution in [0.3, 0.4) is 0 Å². The summed E-state index contributed by atoms with van der Waals surface area (Å²) in [5.74, 6) is 0.125. The largest absolute Gasteiger partial charge is 0.481 e. The van der Waals surface area contributed by atoms with E-state index in [-0.39, 0.29) is 0 Å². The summed E-state index contributed by atoms with van der Waals surface area (Å²) in [5, 5.41) is 9.66. The first-order chi connectivity index (χ1) is 10.6. The molecule has 5 nitrogen and oxygen atoms in total. The summed E-state index contributed by atoms with van der Waals surface area (Å²) in [7, 11) is 1.62. The molecular weight excluding hydrogens is 282 g/mol. The van der Waals surface area contributed by atoms with Gasteiger partial charge in [-0.1, -0.05) is 5.57 Å². The van der Waals surface area contributed by atoms with Crippen LogP contribution in [0.15, 0.2) is 28.4 Å². The second-order valence-corrected chi connectivity index (χ2v) is 6.15. The molecule has 1 unspecified atom stereocenters. The first-order valence-corrected chi connectivity index (χ1v) is 7.71. The summed E-state index contributed by atoms with van der Waals surface area (Å²) in [6, 6.07) is 3.78. The van der Waals surface area contributed by atoms with Crippen LogP contribution in [-0.2, 0) is 9.53 Å². The number of hydrogen-bond donors (Lipinski definition) is 1. The number of ether oxygens (including phenoxy) is 1. The van der Waals surface area contributed by atoms with Crippen molar-refractivity contribution in [1.82, 2.24) is 4.90 Å². The molecule has 2 heterocycles. The molecule has 0 bridgehead atoms. The van der Waals surface area contributed by atoms with Crippen molar-refractivity contribution in [2.75, 3.05) is 33.4 Å². The van der Waals surface area contributed by atoms with Gasteiger partial charge in [0.1, 0.15) is 5.76 Å². The molecule has 1 N–H and O–H groups in total. The van der Waals surface area contributed by atoms with E-state index in [9.17, 15) is 9.90 Å². The van der Waals surface area contributed by atoms with Crippen molar-refractivity contribution in [2.24, 2.45) is 5.41 Å². The van der Waals surface area contributed by atoms with Crippen LogP contribution in [0.1, 0.15) is 31.9 Å². The van der Waals surface area contributed by atoms with Crippen molar-refractivity contribution in [3.8, 4) is 0 Å². The maximum atomic E-state index is 11.8. The summed E-state index contributed by atoms with van der Waals surface area (Å²) < 4.78 is 10.4. The summed E-state index contributed by atoms with van der Waals surface area (Å²) in [4.78, 5) is 14.0.